The second-order valence-electron chi connectivity index (χ2n) is 3.20. The number of halogens is 3. The van der Waals surface area contributed by atoms with Gasteiger partial charge in [0.15, 0.2) is 0 Å². The summed E-state index contributed by atoms with van der Waals surface area (Å²) >= 11 is 15.1. The van der Waals surface area contributed by atoms with Crippen molar-refractivity contribution in [1.82, 2.24) is 4.90 Å². The lowest BCUT2D eigenvalue weighted by Crippen LogP contribution is -2.18. The van der Waals surface area contributed by atoms with Crippen LogP contribution in [0.4, 0.5) is 0 Å². The average molecular weight is 297 g/mol. The molecule has 0 fully saturated rings. The van der Waals surface area contributed by atoms with E-state index in [0.717, 1.165) is 18.4 Å². The Bertz CT molecular complexity index is 304. The lowest BCUT2D eigenvalue weighted by atomic mass is 10.1. The maximum Gasteiger partial charge on any atom is 0.0595 e. The Morgan fingerprint density at radius 2 is 2.00 bits per heavy atom. The van der Waals surface area contributed by atoms with Crippen LogP contribution in [0.3, 0.4) is 0 Å². The molecule has 1 rings (SSSR count). The van der Waals surface area contributed by atoms with Crippen LogP contribution in [-0.4, -0.2) is 23.9 Å². The van der Waals surface area contributed by atoms with Gasteiger partial charge in [-0.05, 0) is 31.2 Å². The maximum atomic E-state index is 5.91. The van der Waals surface area contributed by atoms with Crippen molar-refractivity contribution in [3.05, 3.63) is 33.8 Å². The molecule has 0 spiro atoms. The minimum Gasteiger partial charge on any atom is -0.296 e. The molecule has 0 N–H and O–H groups in total. The Morgan fingerprint density at radius 1 is 1.29 bits per heavy atom. The molecule has 0 saturated carbocycles. The topological polar surface area (TPSA) is 3.24 Å². The van der Waals surface area contributed by atoms with Gasteiger partial charge in [-0.25, -0.2) is 0 Å². The van der Waals surface area contributed by atoms with E-state index in [4.69, 9.17) is 23.2 Å². The number of benzene rings is 1. The van der Waals surface area contributed by atoms with Gasteiger partial charge in [-0.15, -0.1) is 0 Å². The summed E-state index contributed by atoms with van der Waals surface area (Å²) in [5.41, 5.74) is 2.10. The second-order valence-corrected chi connectivity index (χ2v) is 4.51. The molecule has 14 heavy (non-hydrogen) atoms. The Morgan fingerprint density at radius 3 is 2.57 bits per heavy atom. The number of rotatable bonds is 4. The van der Waals surface area contributed by atoms with E-state index in [2.05, 4.69) is 27.9 Å². The smallest absolute Gasteiger partial charge is 0.0595 e. The highest BCUT2D eigenvalue weighted by Gasteiger charge is 2.01. The molecular weight excluding hydrogens is 285 g/mol. The van der Waals surface area contributed by atoms with Crippen molar-refractivity contribution in [2.45, 2.75) is 6.42 Å². The van der Waals surface area contributed by atoms with Gasteiger partial charge in [-0.1, -0.05) is 45.2 Å². The van der Waals surface area contributed by atoms with Crippen molar-refractivity contribution in [2.75, 3.05) is 19.0 Å². The zero-order valence-electron chi connectivity index (χ0n) is 7.93. The molecule has 4 heteroatoms. The van der Waals surface area contributed by atoms with Gasteiger partial charge in [-0.2, -0.15) is 0 Å². The summed E-state index contributed by atoms with van der Waals surface area (Å²) in [6.45, 7) is 1.00. The van der Waals surface area contributed by atoms with E-state index >= 15 is 0 Å². The molecule has 0 atom stereocenters. The molecule has 0 saturated heterocycles. The third-order valence-corrected chi connectivity index (χ3v) is 3.57. The summed E-state index contributed by atoms with van der Waals surface area (Å²) in [5.74, 6) is 0. The van der Waals surface area contributed by atoms with Gasteiger partial charge in [0.1, 0.15) is 0 Å². The van der Waals surface area contributed by atoms with E-state index in [1.54, 1.807) is 0 Å². The van der Waals surface area contributed by atoms with Crippen LogP contribution in [0, 0.1) is 0 Å². The van der Waals surface area contributed by atoms with Crippen LogP contribution in [0.15, 0.2) is 18.2 Å². The highest BCUT2D eigenvalue weighted by molar-refractivity contribution is 9.09. The Balaban J connectivity index is 2.55. The van der Waals surface area contributed by atoms with Crippen molar-refractivity contribution >= 4 is 39.1 Å². The highest BCUT2D eigenvalue weighted by Crippen LogP contribution is 2.22. The first-order valence-electron chi connectivity index (χ1n) is 4.32. The molecule has 0 heterocycles. The molecule has 1 aromatic carbocycles. The largest absolute Gasteiger partial charge is 0.296 e. The van der Waals surface area contributed by atoms with Crippen LogP contribution in [0.25, 0.3) is 0 Å². The molecule has 0 aliphatic carbocycles. The number of likely N-dealkylation sites (N-methyl/N-ethyl adjacent to an activating group) is 1. The molecule has 1 aromatic rings. The first-order valence-corrected chi connectivity index (χ1v) is 6.19. The van der Waals surface area contributed by atoms with E-state index in [0.29, 0.717) is 10.0 Å². The SMILES string of the molecule is CN(CBr)CCc1ccc(Cl)c(Cl)c1. The molecular formula is C10H12BrCl2N. The summed E-state index contributed by atoms with van der Waals surface area (Å²) in [6.07, 6.45) is 0.985. The summed E-state index contributed by atoms with van der Waals surface area (Å²) < 4.78 is 0. The fourth-order valence-corrected chi connectivity index (χ4v) is 1.65. The van der Waals surface area contributed by atoms with Gasteiger partial charge in [0.25, 0.3) is 0 Å². The normalized spacial score (nSPS) is 10.9. The minimum absolute atomic E-state index is 0.615. The summed E-state index contributed by atoms with van der Waals surface area (Å²) in [4.78, 5) is 2.18. The molecule has 0 aliphatic heterocycles. The van der Waals surface area contributed by atoms with Gasteiger partial charge < -0.3 is 0 Å². The van der Waals surface area contributed by atoms with Crippen molar-refractivity contribution in [3.63, 3.8) is 0 Å². The van der Waals surface area contributed by atoms with Crippen molar-refractivity contribution in [1.29, 1.82) is 0 Å². The Kier molecular flexibility index (Phi) is 5.24. The van der Waals surface area contributed by atoms with E-state index < -0.39 is 0 Å². The lowest BCUT2D eigenvalue weighted by Gasteiger charge is -2.12. The van der Waals surface area contributed by atoms with Gasteiger partial charge in [0.05, 0.1) is 15.5 Å². The molecule has 0 amide bonds. The second kappa shape index (κ2) is 5.96. The predicted molar refractivity (Wildman–Crippen MR) is 66.6 cm³/mol. The summed E-state index contributed by atoms with van der Waals surface area (Å²) in [7, 11) is 2.06. The van der Waals surface area contributed by atoms with E-state index in [1.807, 2.05) is 18.2 Å². The van der Waals surface area contributed by atoms with Crippen LogP contribution in [0.5, 0.6) is 0 Å². The number of hydrogen-bond acceptors (Lipinski definition) is 1. The third-order valence-electron chi connectivity index (χ3n) is 1.97. The molecule has 1 nitrogen and oxygen atoms in total. The van der Waals surface area contributed by atoms with Crippen molar-refractivity contribution in [3.8, 4) is 0 Å². The van der Waals surface area contributed by atoms with Crippen molar-refractivity contribution in [2.24, 2.45) is 0 Å². The van der Waals surface area contributed by atoms with Gasteiger partial charge in [0, 0.05) is 6.54 Å². The monoisotopic (exact) mass is 295 g/mol. The third kappa shape index (κ3) is 3.77. The fraction of sp³-hybridized carbons (Fsp3) is 0.400. The van der Waals surface area contributed by atoms with Crippen LogP contribution in [0.2, 0.25) is 10.0 Å². The zero-order valence-corrected chi connectivity index (χ0v) is 11.0. The average Bonchev–Trinajstić information content (AvgIpc) is 2.19. The van der Waals surface area contributed by atoms with Crippen LogP contribution >= 0.6 is 39.1 Å². The van der Waals surface area contributed by atoms with E-state index in [1.165, 1.54) is 5.56 Å². The first kappa shape index (κ1) is 12.3. The molecule has 0 aromatic heterocycles. The fourth-order valence-electron chi connectivity index (χ4n) is 1.07. The van der Waals surface area contributed by atoms with Gasteiger partial charge >= 0.3 is 0 Å². The Hall–Kier alpha value is 0.240. The summed E-state index contributed by atoms with van der Waals surface area (Å²) in [5, 5.41) is 1.25. The van der Waals surface area contributed by atoms with E-state index in [9.17, 15) is 0 Å². The maximum absolute atomic E-state index is 5.91. The standard InChI is InChI=1S/C10H12BrCl2N/c1-14(7-11)5-4-8-2-3-9(12)10(13)6-8/h2-3,6H,4-5,7H2,1H3. The molecule has 0 bridgehead atoms. The number of hydrogen-bond donors (Lipinski definition) is 0. The van der Waals surface area contributed by atoms with Gasteiger partial charge in [-0.3, -0.25) is 4.90 Å². The predicted octanol–water partition coefficient (Wildman–Crippen LogP) is 3.82. The van der Waals surface area contributed by atoms with Gasteiger partial charge in [0.2, 0.25) is 0 Å². The van der Waals surface area contributed by atoms with E-state index in [-0.39, 0.29) is 0 Å². The zero-order chi connectivity index (χ0) is 10.6. The van der Waals surface area contributed by atoms with Crippen molar-refractivity contribution < 1.29 is 0 Å². The van der Waals surface area contributed by atoms with Crippen LogP contribution in [0.1, 0.15) is 5.56 Å². The molecule has 78 valence electrons. The quantitative estimate of drug-likeness (QED) is 0.603. The van der Waals surface area contributed by atoms with Crippen LogP contribution in [-0.2, 0) is 6.42 Å². The molecule has 0 aliphatic rings. The summed E-state index contributed by atoms with van der Waals surface area (Å²) in [6, 6.07) is 5.77. The highest BCUT2D eigenvalue weighted by atomic mass is 79.9. The number of nitrogens with zero attached hydrogens (tertiary/aromatic N) is 1. The lowest BCUT2D eigenvalue weighted by molar-refractivity contribution is 0.401. The molecule has 0 radical (unpaired) electrons. The number of alkyl halides is 1. The Labute approximate surface area is 103 Å². The molecule has 0 unspecified atom stereocenters. The minimum atomic E-state index is 0.615. The first-order chi connectivity index (χ1) is 6.63. The van der Waals surface area contributed by atoms with Crippen LogP contribution < -0.4 is 0 Å².